The molecule has 0 nitrogen and oxygen atoms in total. The normalized spacial score (nSPS) is 14.6. The standard InChI is InChI=1S/C38H76S2Si7/c1-28-24-29(2)34(30(3)25-28)47(39-4,40-5)35-32(37(43(12,13)14)44(15,16)17)26-31(36(41(6,7)8)42(9,10)11)27-33(35)38(45(18,19)20)46(21,22)23/h24-27,36-38H,1-23H3. The topological polar surface area (TPSA) is 0 Å². The van der Waals surface area contributed by atoms with E-state index in [1.807, 2.05) is 16.3 Å². The lowest BCUT2D eigenvalue weighted by atomic mass is 10.1. The molecular weight excluding hydrogens is 717 g/mol. The van der Waals surface area contributed by atoms with Gasteiger partial charge < -0.3 is 0 Å². The third-order valence-corrected chi connectivity index (χ3v) is 50.9. The molecule has 0 N–H and O–H groups in total. The third kappa shape index (κ3) is 9.56. The molecule has 0 saturated heterocycles. The highest BCUT2D eigenvalue weighted by molar-refractivity contribution is 8.60. The van der Waals surface area contributed by atoms with Crippen molar-refractivity contribution in [1.29, 1.82) is 0 Å². The minimum Gasteiger partial charge on any atom is -0.167 e. The zero-order valence-corrected chi connectivity index (χ0v) is 44.0. The molecule has 0 aliphatic rings. The molecule has 0 heterocycles. The number of hydrogen-bond donors (Lipinski definition) is 0. The van der Waals surface area contributed by atoms with Gasteiger partial charge >= 0.3 is 0 Å². The lowest BCUT2D eigenvalue weighted by molar-refractivity contribution is 1.10. The van der Waals surface area contributed by atoms with Crippen molar-refractivity contribution in [3.63, 3.8) is 0 Å². The van der Waals surface area contributed by atoms with E-state index in [4.69, 9.17) is 0 Å². The smallest absolute Gasteiger partial charge is 0.167 e. The molecule has 9 heteroatoms. The quantitative estimate of drug-likeness (QED) is 0.185. The Balaban J connectivity index is 3.65. The summed E-state index contributed by atoms with van der Waals surface area (Å²) in [5.41, 5.74) is 9.89. The van der Waals surface area contributed by atoms with Gasteiger partial charge in [0, 0.05) is 48.4 Å². The van der Waals surface area contributed by atoms with Crippen molar-refractivity contribution >= 4 is 87.6 Å². The highest BCUT2D eigenvalue weighted by Crippen LogP contribution is 2.47. The SMILES string of the molecule is CS[Si](SC)(c1c(C)cc(C)cc1C)c1c(C([Si](C)(C)C)[Si](C)(C)C)cc(C([Si](C)(C)C)[Si](C)(C)C)cc1C([Si](C)(C)C)[Si](C)(C)C. The van der Waals surface area contributed by atoms with Gasteiger partial charge in [0.25, 0.3) is 0 Å². The Morgan fingerprint density at radius 3 is 0.915 bits per heavy atom. The molecule has 2 aromatic rings. The van der Waals surface area contributed by atoms with Crippen molar-refractivity contribution in [3.05, 3.63) is 57.6 Å². The fraction of sp³-hybridized carbons (Fsp3) is 0.684. The fourth-order valence-electron chi connectivity index (χ4n) is 10.8. The van der Waals surface area contributed by atoms with Crippen LogP contribution in [0.4, 0.5) is 0 Å². The van der Waals surface area contributed by atoms with Gasteiger partial charge in [-0.05, 0) is 87.0 Å². The summed E-state index contributed by atoms with van der Waals surface area (Å²) in [5.74, 6) is 0. The molecule has 0 amide bonds. The summed E-state index contributed by atoms with van der Waals surface area (Å²) in [6.07, 6.45) is 2.64. The van der Waals surface area contributed by atoms with Crippen LogP contribution in [0.15, 0.2) is 24.3 Å². The minimum atomic E-state index is -2.34. The zero-order chi connectivity index (χ0) is 37.1. The average molecular weight is 794 g/mol. The van der Waals surface area contributed by atoms with E-state index in [2.05, 4.69) is 198 Å². The lowest BCUT2D eigenvalue weighted by Crippen LogP contribution is -2.62. The van der Waals surface area contributed by atoms with Crippen molar-refractivity contribution in [2.75, 3.05) is 12.5 Å². The molecule has 0 aromatic heterocycles. The van der Waals surface area contributed by atoms with E-state index in [-0.39, 0.29) is 0 Å². The van der Waals surface area contributed by atoms with Gasteiger partial charge in [-0.1, -0.05) is 148 Å². The highest BCUT2D eigenvalue weighted by atomic mass is 32.6. The van der Waals surface area contributed by atoms with Gasteiger partial charge in [0.2, 0.25) is 6.37 Å². The molecule has 2 rings (SSSR count). The van der Waals surface area contributed by atoms with Crippen LogP contribution in [0, 0.1) is 20.8 Å². The van der Waals surface area contributed by atoms with Crippen molar-refractivity contribution in [2.45, 2.75) is 154 Å². The number of benzene rings is 2. The predicted octanol–water partition coefficient (Wildman–Crippen LogP) is 12.4. The Bertz CT molecular complexity index is 1290. The maximum Gasteiger partial charge on any atom is 0.240 e. The summed E-state index contributed by atoms with van der Waals surface area (Å²) in [4.78, 5) is 0. The molecule has 0 spiro atoms. The first-order chi connectivity index (χ1) is 20.8. The lowest BCUT2D eigenvalue weighted by Gasteiger charge is -2.48. The molecule has 0 fully saturated rings. The largest absolute Gasteiger partial charge is 0.240 e. The predicted molar refractivity (Wildman–Crippen MR) is 247 cm³/mol. The van der Waals surface area contributed by atoms with Crippen LogP contribution in [0.5, 0.6) is 0 Å². The molecule has 268 valence electrons. The summed E-state index contributed by atoms with van der Waals surface area (Å²) in [6.45, 7) is 55.7. The van der Waals surface area contributed by atoms with E-state index in [1.54, 1.807) is 10.8 Å². The molecule has 0 radical (unpaired) electrons. The van der Waals surface area contributed by atoms with Crippen LogP contribution in [-0.4, -0.2) is 67.3 Å². The van der Waals surface area contributed by atoms with E-state index in [0.717, 1.165) is 5.16 Å². The van der Waals surface area contributed by atoms with Crippen LogP contribution in [0.25, 0.3) is 0 Å². The van der Waals surface area contributed by atoms with E-state index < -0.39 is 54.8 Å². The summed E-state index contributed by atoms with van der Waals surface area (Å²) in [5, 5.41) is 5.77. The molecule has 0 saturated carbocycles. The van der Waals surface area contributed by atoms with Crippen LogP contribution in [0.1, 0.15) is 48.9 Å². The fourth-order valence-corrected chi connectivity index (χ4v) is 60.9. The van der Waals surface area contributed by atoms with Gasteiger partial charge in [-0.15, -0.1) is 0 Å². The van der Waals surface area contributed by atoms with E-state index >= 15 is 0 Å². The molecule has 0 atom stereocenters. The van der Waals surface area contributed by atoms with Gasteiger partial charge in [-0.3, -0.25) is 0 Å². The molecule has 0 bridgehead atoms. The van der Waals surface area contributed by atoms with Crippen molar-refractivity contribution in [1.82, 2.24) is 0 Å². The maximum atomic E-state index is 2.93. The maximum absolute atomic E-state index is 2.93. The van der Waals surface area contributed by atoms with Crippen LogP contribution in [0.2, 0.25) is 118 Å². The van der Waals surface area contributed by atoms with Gasteiger partial charge in [0.1, 0.15) is 0 Å². The zero-order valence-electron chi connectivity index (χ0n) is 35.4. The van der Waals surface area contributed by atoms with Crippen LogP contribution < -0.4 is 10.4 Å². The second kappa shape index (κ2) is 14.6. The van der Waals surface area contributed by atoms with Crippen molar-refractivity contribution in [3.8, 4) is 0 Å². The Morgan fingerprint density at radius 2 is 0.681 bits per heavy atom. The first-order valence-electron chi connectivity index (χ1n) is 18.1. The van der Waals surface area contributed by atoms with Crippen LogP contribution in [-0.2, 0) is 0 Å². The summed E-state index contributed by atoms with van der Waals surface area (Å²) in [6, 6.07) is 10.9. The molecule has 0 aliphatic carbocycles. The van der Waals surface area contributed by atoms with E-state index in [0.29, 0.717) is 10.3 Å². The van der Waals surface area contributed by atoms with Crippen LogP contribution >= 0.6 is 22.4 Å². The third-order valence-electron chi connectivity index (χ3n) is 10.3. The van der Waals surface area contributed by atoms with E-state index in [9.17, 15) is 0 Å². The second-order valence-electron chi connectivity index (χ2n) is 21.4. The molecule has 0 aliphatic heterocycles. The summed E-state index contributed by atoms with van der Waals surface area (Å²) < 4.78 is 0. The Morgan fingerprint density at radius 1 is 0.404 bits per heavy atom. The van der Waals surface area contributed by atoms with Crippen LogP contribution in [0.3, 0.4) is 0 Å². The van der Waals surface area contributed by atoms with Gasteiger partial charge in [-0.2, -0.15) is 22.4 Å². The van der Waals surface area contributed by atoms with E-state index in [1.165, 1.54) is 16.7 Å². The second-order valence-corrected chi connectivity index (χ2v) is 64.9. The average Bonchev–Trinajstić information content (AvgIpc) is 2.76. The molecule has 47 heavy (non-hydrogen) atoms. The summed E-state index contributed by atoms with van der Waals surface area (Å²) in [7, 11) is -9.54. The minimum absolute atomic E-state index is 0.716. The first-order valence-corrected chi connectivity index (χ1v) is 45.5. The monoisotopic (exact) mass is 792 g/mol. The number of rotatable bonds is 13. The highest BCUT2D eigenvalue weighted by Gasteiger charge is 2.52. The summed E-state index contributed by atoms with van der Waals surface area (Å²) >= 11 is 4.54. The Labute approximate surface area is 309 Å². The van der Waals surface area contributed by atoms with Gasteiger partial charge in [0.05, 0.1) is 0 Å². The van der Waals surface area contributed by atoms with Gasteiger partial charge in [0.15, 0.2) is 0 Å². The molecule has 2 aromatic carbocycles. The Hall–Kier alpha value is 0.658. The Kier molecular flexibility index (Phi) is 13.6. The molecule has 0 unspecified atom stereocenters. The number of hydrogen-bond acceptors (Lipinski definition) is 2. The van der Waals surface area contributed by atoms with Gasteiger partial charge in [-0.25, -0.2) is 0 Å². The number of aryl methyl sites for hydroxylation is 3. The van der Waals surface area contributed by atoms with Crippen molar-refractivity contribution < 1.29 is 0 Å². The molecular formula is C38H76S2Si7. The first kappa shape index (κ1) is 43.8. The van der Waals surface area contributed by atoms with Crippen molar-refractivity contribution in [2.24, 2.45) is 0 Å².